The largest absolute Gasteiger partial charge is 0.489 e. The molecule has 0 spiro atoms. The van der Waals surface area contributed by atoms with Crippen LogP contribution in [0.15, 0.2) is 60.9 Å². The molecule has 6 heteroatoms. The Kier molecular flexibility index (Phi) is 6.60. The molecule has 1 heterocycles. The Hall–Kier alpha value is -2.79. The molecule has 0 saturated carbocycles. The summed E-state index contributed by atoms with van der Waals surface area (Å²) in [6, 6.07) is 15.6. The van der Waals surface area contributed by atoms with Crippen LogP contribution in [0, 0.1) is 0 Å². The molecule has 0 bridgehead atoms. The number of carbonyl (C=O) groups excluding carboxylic acids is 1. The van der Waals surface area contributed by atoms with Crippen LogP contribution in [0.2, 0.25) is 5.02 Å². The van der Waals surface area contributed by atoms with Crippen LogP contribution in [0.25, 0.3) is 0 Å². The monoisotopic (exact) mass is 411 g/mol. The van der Waals surface area contributed by atoms with Gasteiger partial charge < -0.3 is 10.1 Å². The van der Waals surface area contributed by atoms with Gasteiger partial charge in [0.15, 0.2) is 0 Å². The van der Waals surface area contributed by atoms with Crippen molar-refractivity contribution < 1.29 is 9.53 Å². The summed E-state index contributed by atoms with van der Waals surface area (Å²) < 4.78 is 7.57. The van der Waals surface area contributed by atoms with Gasteiger partial charge in [-0.15, -0.1) is 0 Å². The van der Waals surface area contributed by atoms with E-state index in [9.17, 15) is 4.79 Å². The van der Waals surface area contributed by atoms with Crippen molar-refractivity contribution in [3.63, 3.8) is 0 Å². The van der Waals surface area contributed by atoms with E-state index in [1.54, 1.807) is 23.1 Å². The van der Waals surface area contributed by atoms with Crippen LogP contribution in [0.3, 0.4) is 0 Å². The number of halogens is 1. The third kappa shape index (κ3) is 6.09. The first kappa shape index (κ1) is 20.9. The van der Waals surface area contributed by atoms with Gasteiger partial charge in [0.05, 0.1) is 17.8 Å². The molecule has 3 rings (SSSR count). The van der Waals surface area contributed by atoms with E-state index in [0.29, 0.717) is 30.3 Å². The average molecular weight is 412 g/mol. The van der Waals surface area contributed by atoms with E-state index in [0.717, 1.165) is 11.3 Å². The molecule has 0 radical (unpaired) electrons. The summed E-state index contributed by atoms with van der Waals surface area (Å²) in [5.74, 6) is 0.686. The second-order valence-corrected chi connectivity index (χ2v) is 8.38. The third-order valence-electron chi connectivity index (χ3n) is 4.54. The number of rotatable bonds is 7. The highest BCUT2D eigenvalue weighted by Gasteiger charge is 2.13. The predicted molar refractivity (Wildman–Crippen MR) is 115 cm³/mol. The number of hydrogen-bond acceptors (Lipinski definition) is 3. The molecule has 1 amide bonds. The quantitative estimate of drug-likeness (QED) is 0.605. The van der Waals surface area contributed by atoms with Crippen LogP contribution in [0.5, 0.6) is 5.75 Å². The molecule has 0 atom stereocenters. The Balaban J connectivity index is 1.52. The smallest absolute Gasteiger partial charge is 0.251 e. The number of aromatic nitrogens is 2. The normalized spacial score (nSPS) is 11.3. The lowest BCUT2D eigenvalue weighted by atomic mass is 9.87. The highest BCUT2D eigenvalue weighted by atomic mass is 35.5. The minimum Gasteiger partial charge on any atom is -0.489 e. The highest BCUT2D eigenvalue weighted by Crippen LogP contribution is 2.24. The molecular weight excluding hydrogens is 386 g/mol. The lowest BCUT2D eigenvalue weighted by Gasteiger charge is -2.19. The number of amides is 1. The van der Waals surface area contributed by atoms with Gasteiger partial charge in [0.2, 0.25) is 0 Å². The molecular formula is C23H26ClN3O2. The van der Waals surface area contributed by atoms with Crippen molar-refractivity contribution in [2.75, 3.05) is 6.54 Å². The molecule has 0 aliphatic rings. The Morgan fingerprint density at radius 1 is 1.17 bits per heavy atom. The number of benzene rings is 2. The van der Waals surface area contributed by atoms with Crippen molar-refractivity contribution in [1.82, 2.24) is 15.1 Å². The third-order valence-corrected chi connectivity index (χ3v) is 4.74. The van der Waals surface area contributed by atoms with Gasteiger partial charge in [-0.3, -0.25) is 9.48 Å². The minimum absolute atomic E-state index is 0.115. The van der Waals surface area contributed by atoms with E-state index in [1.807, 2.05) is 30.3 Å². The fraction of sp³-hybridized carbons (Fsp3) is 0.304. The van der Waals surface area contributed by atoms with Crippen LogP contribution in [0.1, 0.15) is 42.3 Å². The van der Waals surface area contributed by atoms with Crippen molar-refractivity contribution in [3.05, 3.63) is 82.6 Å². The van der Waals surface area contributed by atoms with E-state index < -0.39 is 0 Å². The molecule has 1 aromatic heterocycles. The van der Waals surface area contributed by atoms with Crippen LogP contribution < -0.4 is 10.1 Å². The maximum Gasteiger partial charge on any atom is 0.251 e. The lowest BCUT2D eigenvalue weighted by molar-refractivity contribution is 0.0951. The molecule has 0 fully saturated rings. The lowest BCUT2D eigenvalue weighted by Crippen LogP contribution is -2.27. The second-order valence-electron chi connectivity index (χ2n) is 7.94. The number of ether oxygens (including phenoxy) is 1. The predicted octanol–water partition coefficient (Wildman–Crippen LogP) is 4.84. The van der Waals surface area contributed by atoms with Gasteiger partial charge in [-0.2, -0.15) is 5.10 Å². The number of nitrogens with zero attached hydrogens (tertiary/aromatic N) is 2. The summed E-state index contributed by atoms with van der Waals surface area (Å²) in [7, 11) is 0. The van der Waals surface area contributed by atoms with E-state index in [2.05, 4.69) is 43.3 Å². The maximum atomic E-state index is 12.4. The van der Waals surface area contributed by atoms with Gasteiger partial charge in [0.1, 0.15) is 12.4 Å². The zero-order chi connectivity index (χ0) is 20.9. The van der Waals surface area contributed by atoms with Crippen molar-refractivity contribution in [1.29, 1.82) is 0 Å². The molecule has 0 saturated heterocycles. The van der Waals surface area contributed by atoms with Crippen LogP contribution in [-0.4, -0.2) is 22.2 Å². The molecule has 0 unspecified atom stereocenters. The summed E-state index contributed by atoms with van der Waals surface area (Å²) in [6.07, 6.45) is 3.29. The number of nitrogens with one attached hydrogen (secondary N) is 1. The molecule has 0 aliphatic carbocycles. The summed E-state index contributed by atoms with van der Waals surface area (Å²) in [4.78, 5) is 12.4. The van der Waals surface area contributed by atoms with Gasteiger partial charge in [0, 0.05) is 18.3 Å². The van der Waals surface area contributed by atoms with Gasteiger partial charge in [-0.25, -0.2) is 0 Å². The maximum absolute atomic E-state index is 12.4. The van der Waals surface area contributed by atoms with E-state index in [-0.39, 0.29) is 11.3 Å². The van der Waals surface area contributed by atoms with Crippen molar-refractivity contribution in [2.45, 2.75) is 39.3 Å². The SMILES string of the molecule is CC(C)(C)c1ccc(OCc2cccc(C(=O)NCCn3cc(Cl)cn3)c2)cc1. The second kappa shape index (κ2) is 9.14. The Morgan fingerprint density at radius 2 is 1.93 bits per heavy atom. The molecule has 3 aromatic rings. The van der Waals surface area contributed by atoms with Crippen molar-refractivity contribution >= 4 is 17.5 Å². The van der Waals surface area contributed by atoms with Gasteiger partial charge >= 0.3 is 0 Å². The number of hydrogen-bond donors (Lipinski definition) is 1. The summed E-state index contributed by atoms with van der Waals surface area (Å²) in [5.41, 5.74) is 2.93. The van der Waals surface area contributed by atoms with Gasteiger partial charge in [-0.05, 0) is 40.8 Å². The summed E-state index contributed by atoms with van der Waals surface area (Å²) in [5, 5.41) is 7.56. The van der Waals surface area contributed by atoms with Crippen molar-refractivity contribution in [3.8, 4) is 5.75 Å². The number of carbonyl (C=O) groups is 1. The Morgan fingerprint density at radius 3 is 2.59 bits per heavy atom. The first-order chi connectivity index (χ1) is 13.8. The summed E-state index contributed by atoms with van der Waals surface area (Å²) >= 11 is 5.83. The molecule has 5 nitrogen and oxygen atoms in total. The highest BCUT2D eigenvalue weighted by molar-refractivity contribution is 6.30. The van der Waals surface area contributed by atoms with Gasteiger partial charge in [-0.1, -0.05) is 56.6 Å². The first-order valence-electron chi connectivity index (χ1n) is 9.60. The zero-order valence-corrected chi connectivity index (χ0v) is 17.7. The van der Waals surface area contributed by atoms with Gasteiger partial charge in [0.25, 0.3) is 5.91 Å². The van der Waals surface area contributed by atoms with E-state index in [1.165, 1.54) is 5.56 Å². The standard InChI is InChI=1S/C23H26ClN3O2/c1-23(2,3)19-7-9-21(10-8-19)29-16-17-5-4-6-18(13-17)22(28)25-11-12-27-15-20(24)14-26-27/h4-10,13-15H,11-12,16H2,1-3H3,(H,25,28). The molecule has 152 valence electrons. The average Bonchev–Trinajstić information content (AvgIpc) is 3.11. The van der Waals surface area contributed by atoms with E-state index >= 15 is 0 Å². The van der Waals surface area contributed by atoms with Crippen LogP contribution in [0.4, 0.5) is 0 Å². The Labute approximate surface area is 176 Å². The van der Waals surface area contributed by atoms with Crippen molar-refractivity contribution in [2.24, 2.45) is 0 Å². The zero-order valence-electron chi connectivity index (χ0n) is 17.0. The fourth-order valence-corrected chi connectivity index (χ4v) is 3.02. The topological polar surface area (TPSA) is 56.1 Å². The Bertz CT molecular complexity index is 959. The first-order valence-corrected chi connectivity index (χ1v) is 9.97. The molecule has 1 N–H and O–H groups in total. The summed E-state index contributed by atoms with van der Waals surface area (Å²) in [6.45, 7) is 7.99. The molecule has 29 heavy (non-hydrogen) atoms. The minimum atomic E-state index is -0.125. The van der Waals surface area contributed by atoms with E-state index in [4.69, 9.17) is 16.3 Å². The fourth-order valence-electron chi connectivity index (χ4n) is 2.87. The van der Waals surface area contributed by atoms with Crippen LogP contribution >= 0.6 is 11.6 Å². The molecule has 2 aromatic carbocycles. The molecule has 0 aliphatic heterocycles. The van der Waals surface area contributed by atoms with Crippen LogP contribution in [-0.2, 0) is 18.6 Å².